The van der Waals surface area contributed by atoms with Crippen LogP contribution in [-0.4, -0.2) is 43.4 Å². The van der Waals surface area contributed by atoms with E-state index >= 15 is 0 Å². The summed E-state index contributed by atoms with van der Waals surface area (Å²) < 4.78 is 35.7. The van der Waals surface area contributed by atoms with Crippen LogP contribution in [0, 0.1) is 6.92 Å². The molecule has 0 N–H and O–H groups in total. The molecule has 8 heteroatoms. The molecule has 0 saturated carbocycles. The second-order valence-electron chi connectivity index (χ2n) is 8.46. The molecule has 1 fully saturated rings. The summed E-state index contributed by atoms with van der Waals surface area (Å²) >= 11 is 0. The first kappa shape index (κ1) is 23.0. The highest BCUT2D eigenvalue weighted by Crippen LogP contribution is 2.24. The summed E-state index contributed by atoms with van der Waals surface area (Å²) in [7, 11) is -3.22. The highest BCUT2D eigenvalue weighted by atomic mass is 32.2. The van der Waals surface area contributed by atoms with E-state index in [9.17, 15) is 18.0 Å². The van der Waals surface area contributed by atoms with Gasteiger partial charge < -0.3 is 14.1 Å². The smallest absolute Gasteiger partial charge is 0.290 e. The Bertz CT molecular complexity index is 1330. The van der Waals surface area contributed by atoms with Crippen molar-refractivity contribution in [2.45, 2.75) is 39.3 Å². The van der Waals surface area contributed by atoms with E-state index in [0.29, 0.717) is 24.0 Å². The van der Waals surface area contributed by atoms with Crippen LogP contribution in [0.2, 0.25) is 0 Å². The average Bonchev–Trinajstić information content (AvgIpc) is 3.16. The number of sulfone groups is 1. The van der Waals surface area contributed by atoms with Gasteiger partial charge in [0.05, 0.1) is 23.5 Å². The summed E-state index contributed by atoms with van der Waals surface area (Å²) in [6, 6.07) is 13.3. The molecule has 1 atom stereocenters. The van der Waals surface area contributed by atoms with Gasteiger partial charge in [-0.1, -0.05) is 30.7 Å². The minimum Gasteiger partial charge on any atom is -0.494 e. The minimum atomic E-state index is -3.22. The zero-order valence-corrected chi connectivity index (χ0v) is 19.6. The molecule has 33 heavy (non-hydrogen) atoms. The number of carbonyl (C=O) groups is 1. The van der Waals surface area contributed by atoms with Gasteiger partial charge in [0.1, 0.15) is 11.3 Å². The van der Waals surface area contributed by atoms with Crippen molar-refractivity contribution < 1.29 is 22.4 Å². The fourth-order valence-corrected chi connectivity index (χ4v) is 5.74. The second kappa shape index (κ2) is 9.39. The highest BCUT2D eigenvalue weighted by Gasteiger charge is 2.36. The van der Waals surface area contributed by atoms with E-state index < -0.39 is 21.8 Å². The van der Waals surface area contributed by atoms with Crippen LogP contribution in [-0.2, 0) is 16.4 Å². The Balaban J connectivity index is 1.66. The van der Waals surface area contributed by atoms with E-state index in [2.05, 4.69) is 0 Å². The van der Waals surface area contributed by atoms with Crippen LogP contribution in [0.3, 0.4) is 0 Å². The van der Waals surface area contributed by atoms with E-state index in [1.165, 1.54) is 11.0 Å². The van der Waals surface area contributed by atoms with Crippen LogP contribution in [0.1, 0.15) is 41.4 Å². The summed E-state index contributed by atoms with van der Waals surface area (Å²) in [4.78, 5) is 27.6. The van der Waals surface area contributed by atoms with Crippen LogP contribution in [0.4, 0.5) is 0 Å². The van der Waals surface area contributed by atoms with Gasteiger partial charge >= 0.3 is 0 Å². The molecule has 1 saturated heterocycles. The van der Waals surface area contributed by atoms with Crippen molar-refractivity contribution in [1.82, 2.24) is 4.90 Å². The quantitative estimate of drug-likeness (QED) is 0.524. The second-order valence-corrected chi connectivity index (χ2v) is 10.7. The Hall–Kier alpha value is -3.13. The molecule has 7 nitrogen and oxygen atoms in total. The number of rotatable bonds is 7. The minimum absolute atomic E-state index is 0.0339. The molecular weight excluding hydrogens is 442 g/mol. The van der Waals surface area contributed by atoms with Crippen molar-refractivity contribution in [1.29, 1.82) is 0 Å². The number of aryl methyl sites for hydroxylation is 1. The third kappa shape index (κ3) is 5.27. The van der Waals surface area contributed by atoms with Crippen LogP contribution in [0.25, 0.3) is 11.0 Å². The Labute approximate surface area is 192 Å². The summed E-state index contributed by atoms with van der Waals surface area (Å²) in [6.07, 6.45) is 1.25. The van der Waals surface area contributed by atoms with Crippen LogP contribution < -0.4 is 10.2 Å². The van der Waals surface area contributed by atoms with E-state index in [4.69, 9.17) is 9.15 Å². The molecule has 0 spiro atoms. The maximum absolute atomic E-state index is 13.5. The largest absolute Gasteiger partial charge is 0.494 e. The van der Waals surface area contributed by atoms with Crippen LogP contribution in [0.15, 0.2) is 57.7 Å². The number of nitrogens with zero attached hydrogens (tertiary/aromatic N) is 1. The van der Waals surface area contributed by atoms with Gasteiger partial charge in [0.25, 0.3) is 5.91 Å². The molecule has 0 radical (unpaired) electrons. The third-order valence-electron chi connectivity index (χ3n) is 5.75. The Morgan fingerprint density at radius 1 is 1.15 bits per heavy atom. The van der Waals surface area contributed by atoms with Gasteiger partial charge in [0.15, 0.2) is 21.0 Å². The summed E-state index contributed by atoms with van der Waals surface area (Å²) in [5.74, 6) is 0.0730. The number of benzene rings is 2. The molecule has 0 bridgehead atoms. The number of ether oxygens (including phenoxy) is 1. The third-order valence-corrected chi connectivity index (χ3v) is 7.50. The number of hydrogen-bond acceptors (Lipinski definition) is 6. The molecule has 2 heterocycles. The molecule has 3 aromatic rings. The van der Waals surface area contributed by atoms with E-state index in [-0.39, 0.29) is 29.2 Å². The first-order chi connectivity index (χ1) is 15.8. The van der Waals surface area contributed by atoms with Crippen molar-refractivity contribution in [3.8, 4) is 5.75 Å². The maximum atomic E-state index is 13.5. The van der Waals surface area contributed by atoms with Crippen molar-refractivity contribution in [3.63, 3.8) is 0 Å². The van der Waals surface area contributed by atoms with Crippen molar-refractivity contribution in [3.05, 3.63) is 75.6 Å². The van der Waals surface area contributed by atoms with Crippen molar-refractivity contribution >= 4 is 26.7 Å². The van der Waals surface area contributed by atoms with Crippen molar-refractivity contribution in [2.24, 2.45) is 0 Å². The average molecular weight is 470 g/mol. The van der Waals surface area contributed by atoms with E-state index in [0.717, 1.165) is 23.3 Å². The van der Waals surface area contributed by atoms with Gasteiger partial charge in [-0.25, -0.2) is 8.42 Å². The molecule has 2 aromatic carbocycles. The summed E-state index contributed by atoms with van der Waals surface area (Å²) in [5, 5.41) is 0.407. The fraction of sp³-hybridized carbons (Fsp3) is 0.360. The first-order valence-electron chi connectivity index (χ1n) is 11.0. The predicted octanol–water partition coefficient (Wildman–Crippen LogP) is 3.72. The monoisotopic (exact) mass is 469 g/mol. The Morgan fingerprint density at radius 3 is 2.58 bits per heavy atom. The number of carbonyl (C=O) groups excluding carboxylic acids is 1. The molecule has 1 amide bonds. The maximum Gasteiger partial charge on any atom is 0.290 e. The lowest BCUT2D eigenvalue weighted by Crippen LogP contribution is -2.40. The first-order valence-corrected chi connectivity index (χ1v) is 12.9. The van der Waals surface area contributed by atoms with Crippen LogP contribution in [0.5, 0.6) is 5.75 Å². The van der Waals surface area contributed by atoms with Gasteiger partial charge in [-0.05, 0) is 49.6 Å². The van der Waals surface area contributed by atoms with Gasteiger partial charge in [-0.2, -0.15) is 0 Å². The fourth-order valence-electron chi connectivity index (χ4n) is 4.01. The highest BCUT2D eigenvalue weighted by molar-refractivity contribution is 7.91. The zero-order valence-electron chi connectivity index (χ0n) is 18.7. The number of fused-ring (bicyclic) bond motifs is 1. The topological polar surface area (TPSA) is 93.9 Å². The van der Waals surface area contributed by atoms with Crippen LogP contribution >= 0.6 is 0 Å². The standard InChI is InChI=1S/C25H27NO6S/c1-3-11-31-20-7-5-18(6-8-20)15-26(19-10-12-33(29,30)16-19)25(28)24-14-22(27)21-13-17(2)4-9-23(21)32-24/h4-9,13-14,19H,3,10-12,15-16H2,1-2H3/t19-/m0/s1. The van der Waals surface area contributed by atoms with E-state index in [1.54, 1.807) is 12.1 Å². The lowest BCUT2D eigenvalue weighted by atomic mass is 10.1. The molecular formula is C25H27NO6S. The summed E-state index contributed by atoms with van der Waals surface area (Å²) in [5.41, 5.74) is 1.76. The predicted molar refractivity (Wildman–Crippen MR) is 126 cm³/mol. The SMILES string of the molecule is CCCOc1ccc(CN(C(=O)c2cc(=O)c3cc(C)ccc3o2)[C@H]2CCS(=O)(=O)C2)cc1. The molecule has 1 aliphatic rings. The molecule has 1 aromatic heterocycles. The molecule has 1 aliphatic heterocycles. The van der Waals surface area contributed by atoms with Gasteiger partial charge in [0.2, 0.25) is 0 Å². The number of hydrogen-bond donors (Lipinski definition) is 0. The lowest BCUT2D eigenvalue weighted by molar-refractivity contribution is 0.0648. The Kier molecular flexibility index (Phi) is 6.56. The molecule has 4 rings (SSSR count). The number of amides is 1. The molecule has 0 aliphatic carbocycles. The normalized spacial score (nSPS) is 17.2. The van der Waals surface area contributed by atoms with Gasteiger partial charge in [0, 0.05) is 18.7 Å². The van der Waals surface area contributed by atoms with E-state index in [1.807, 2.05) is 44.2 Å². The van der Waals surface area contributed by atoms with Gasteiger partial charge in [-0.3, -0.25) is 9.59 Å². The molecule has 0 unspecified atom stereocenters. The Morgan fingerprint density at radius 2 is 1.91 bits per heavy atom. The zero-order chi connectivity index (χ0) is 23.6. The summed E-state index contributed by atoms with van der Waals surface area (Å²) in [6.45, 7) is 4.71. The lowest BCUT2D eigenvalue weighted by Gasteiger charge is -2.28. The molecule has 174 valence electrons. The van der Waals surface area contributed by atoms with Gasteiger partial charge in [-0.15, -0.1) is 0 Å². The van der Waals surface area contributed by atoms with Crippen molar-refractivity contribution in [2.75, 3.05) is 18.1 Å².